The lowest BCUT2D eigenvalue weighted by Crippen LogP contribution is -2.37. The Morgan fingerprint density at radius 1 is 1.28 bits per heavy atom. The molecule has 2 atom stereocenters. The molecule has 0 saturated carbocycles. The maximum Gasteiger partial charge on any atom is 0.404 e. The van der Waals surface area contributed by atoms with Crippen molar-refractivity contribution in [3.8, 4) is 6.07 Å². The van der Waals surface area contributed by atoms with Crippen molar-refractivity contribution in [1.82, 2.24) is 5.32 Å². The van der Waals surface area contributed by atoms with Crippen molar-refractivity contribution in [1.29, 1.82) is 5.26 Å². The number of nitriles is 1. The third kappa shape index (κ3) is 5.78. The summed E-state index contributed by atoms with van der Waals surface area (Å²) in [6.45, 7) is -0.290. The van der Waals surface area contributed by atoms with Crippen LogP contribution in [0.4, 0.5) is 4.79 Å². The van der Waals surface area contributed by atoms with Crippen LogP contribution in [0.15, 0.2) is 57.9 Å². The predicted octanol–water partition coefficient (Wildman–Crippen LogP) is 4.17. The first-order valence-electron chi connectivity index (χ1n) is 7.55. The molecule has 2 rings (SSSR count). The van der Waals surface area contributed by atoms with Gasteiger partial charge >= 0.3 is 6.09 Å². The molecular formula is C18H17BrN2O3S. The highest BCUT2D eigenvalue weighted by Crippen LogP contribution is 2.40. The SMILES string of the molecule is N#Cc1cc(Br)ccc1S[C@H](C[C@@H](CO)NC(=O)O)c1ccccc1. The van der Waals surface area contributed by atoms with E-state index in [4.69, 9.17) is 5.11 Å². The Bertz CT molecular complexity index is 765. The second-order valence-electron chi connectivity index (χ2n) is 5.33. The van der Waals surface area contributed by atoms with Gasteiger partial charge in [0.05, 0.1) is 18.2 Å². The molecule has 0 fully saturated rings. The van der Waals surface area contributed by atoms with Gasteiger partial charge in [-0.25, -0.2) is 4.79 Å². The number of aliphatic hydroxyl groups is 1. The van der Waals surface area contributed by atoms with E-state index >= 15 is 0 Å². The van der Waals surface area contributed by atoms with Gasteiger partial charge in [0, 0.05) is 14.6 Å². The fraction of sp³-hybridized carbons (Fsp3) is 0.222. The van der Waals surface area contributed by atoms with Gasteiger partial charge in [0.15, 0.2) is 0 Å². The summed E-state index contributed by atoms with van der Waals surface area (Å²) in [4.78, 5) is 11.7. The number of hydrogen-bond acceptors (Lipinski definition) is 4. The van der Waals surface area contributed by atoms with Crippen molar-refractivity contribution >= 4 is 33.8 Å². The molecule has 0 spiro atoms. The average molecular weight is 421 g/mol. The van der Waals surface area contributed by atoms with E-state index in [0.717, 1.165) is 14.9 Å². The summed E-state index contributed by atoms with van der Waals surface area (Å²) in [7, 11) is 0. The molecule has 1 amide bonds. The van der Waals surface area contributed by atoms with Crippen LogP contribution < -0.4 is 5.32 Å². The number of aliphatic hydroxyl groups excluding tert-OH is 1. The van der Waals surface area contributed by atoms with Gasteiger partial charge in [-0.05, 0) is 30.2 Å². The molecule has 0 heterocycles. The monoisotopic (exact) mass is 420 g/mol. The summed E-state index contributed by atoms with van der Waals surface area (Å²) in [6.07, 6.45) is -0.768. The molecule has 0 aliphatic rings. The normalized spacial score (nSPS) is 12.8. The van der Waals surface area contributed by atoms with Gasteiger partial charge in [0.25, 0.3) is 0 Å². The molecule has 3 N–H and O–H groups in total. The summed E-state index contributed by atoms with van der Waals surface area (Å²) in [5, 5.41) is 30.0. The molecule has 7 heteroatoms. The number of nitrogens with zero attached hydrogens (tertiary/aromatic N) is 1. The number of amides is 1. The first kappa shape index (κ1) is 19.3. The van der Waals surface area contributed by atoms with Gasteiger partial charge in [-0.3, -0.25) is 0 Å². The lowest BCUT2D eigenvalue weighted by Gasteiger charge is -2.23. The minimum atomic E-state index is -1.17. The van der Waals surface area contributed by atoms with Crippen LogP contribution in [0.25, 0.3) is 0 Å². The van der Waals surface area contributed by atoms with Crippen LogP contribution >= 0.6 is 27.7 Å². The highest BCUT2D eigenvalue weighted by molar-refractivity contribution is 9.10. The number of carboxylic acid groups (broad SMARTS) is 1. The van der Waals surface area contributed by atoms with Crippen molar-refractivity contribution < 1.29 is 15.0 Å². The van der Waals surface area contributed by atoms with Gasteiger partial charge in [0.2, 0.25) is 0 Å². The van der Waals surface area contributed by atoms with Crippen LogP contribution in [-0.2, 0) is 0 Å². The maximum absolute atomic E-state index is 10.9. The summed E-state index contributed by atoms with van der Waals surface area (Å²) >= 11 is 4.84. The molecule has 5 nitrogen and oxygen atoms in total. The maximum atomic E-state index is 10.9. The molecule has 0 aliphatic carbocycles. The van der Waals surface area contributed by atoms with E-state index in [1.165, 1.54) is 11.8 Å². The van der Waals surface area contributed by atoms with E-state index in [1.54, 1.807) is 6.07 Å². The van der Waals surface area contributed by atoms with Crippen molar-refractivity contribution in [3.05, 3.63) is 64.1 Å². The van der Waals surface area contributed by atoms with E-state index in [0.29, 0.717) is 12.0 Å². The number of thioether (sulfide) groups is 1. The van der Waals surface area contributed by atoms with Crippen molar-refractivity contribution in [2.24, 2.45) is 0 Å². The standard InChI is InChI=1S/C18H17BrN2O3S/c19-14-6-7-16(13(8-14)10-20)25-17(12-4-2-1-3-5-12)9-15(11-22)21-18(23)24/h1-8,15,17,21-22H,9,11H2,(H,23,24)/t15-,17+/m0/s1. The zero-order chi connectivity index (χ0) is 18.2. The number of halogens is 1. The summed E-state index contributed by atoms with van der Waals surface area (Å²) in [5.41, 5.74) is 1.55. The molecule has 2 aromatic carbocycles. The Labute approximate surface area is 158 Å². The zero-order valence-corrected chi connectivity index (χ0v) is 15.6. The third-order valence-corrected chi connectivity index (χ3v) is 5.40. The number of carbonyl (C=O) groups is 1. The van der Waals surface area contributed by atoms with E-state index in [2.05, 4.69) is 27.3 Å². The van der Waals surface area contributed by atoms with E-state index < -0.39 is 12.1 Å². The zero-order valence-electron chi connectivity index (χ0n) is 13.2. The fourth-order valence-electron chi connectivity index (χ4n) is 2.38. The molecule has 2 aromatic rings. The Kier molecular flexibility index (Phi) is 7.31. The molecule has 0 bridgehead atoms. The predicted molar refractivity (Wildman–Crippen MR) is 101 cm³/mol. The highest BCUT2D eigenvalue weighted by atomic mass is 79.9. The molecule has 0 unspecified atom stereocenters. The number of rotatable bonds is 7. The van der Waals surface area contributed by atoms with Gasteiger partial charge < -0.3 is 15.5 Å². The molecule has 0 saturated heterocycles. The van der Waals surface area contributed by atoms with E-state index in [9.17, 15) is 15.2 Å². The molecule has 0 radical (unpaired) electrons. The minimum absolute atomic E-state index is 0.113. The number of benzene rings is 2. The molecule has 25 heavy (non-hydrogen) atoms. The Morgan fingerprint density at radius 3 is 2.60 bits per heavy atom. The molecular weight excluding hydrogens is 404 g/mol. The molecule has 0 aliphatic heterocycles. The molecule has 130 valence electrons. The number of hydrogen-bond donors (Lipinski definition) is 3. The third-order valence-electron chi connectivity index (χ3n) is 3.55. The first-order chi connectivity index (χ1) is 12.0. The van der Waals surface area contributed by atoms with Crippen LogP contribution in [-0.4, -0.2) is 29.0 Å². The summed E-state index contributed by atoms with van der Waals surface area (Å²) < 4.78 is 0.824. The van der Waals surface area contributed by atoms with Crippen molar-refractivity contribution in [2.45, 2.75) is 22.6 Å². The Hall–Kier alpha value is -2.01. The smallest absolute Gasteiger partial charge is 0.404 e. The molecule has 0 aromatic heterocycles. The Balaban J connectivity index is 2.29. The van der Waals surface area contributed by atoms with Gasteiger partial charge in [-0.15, -0.1) is 11.8 Å². The summed E-state index contributed by atoms with van der Waals surface area (Å²) in [6, 6.07) is 16.7. The quantitative estimate of drug-likeness (QED) is 0.584. The van der Waals surface area contributed by atoms with Gasteiger partial charge in [-0.2, -0.15) is 5.26 Å². The van der Waals surface area contributed by atoms with Gasteiger partial charge in [-0.1, -0.05) is 46.3 Å². The van der Waals surface area contributed by atoms with Gasteiger partial charge in [0.1, 0.15) is 6.07 Å². The lowest BCUT2D eigenvalue weighted by atomic mass is 10.1. The minimum Gasteiger partial charge on any atom is -0.465 e. The van der Waals surface area contributed by atoms with Crippen molar-refractivity contribution in [3.63, 3.8) is 0 Å². The van der Waals surface area contributed by atoms with Crippen LogP contribution in [0.5, 0.6) is 0 Å². The topological polar surface area (TPSA) is 93.4 Å². The van der Waals surface area contributed by atoms with E-state index in [1.807, 2.05) is 42.5 Å². The highest BCUT2D eigenvalue weighted by Gasteiger charge is 2.21. The van der Waals surface area contributed by atoms with Crippen molar-refractivity contribution in [2.75, 3.05) is 6.61 Å². The lowest BCUT2D eigenvalue weighted by molar-refractivity contribution is 0.175. The van der Waals surface area contributed by atoms with Crippen LogP contribution in [0.3, 0.4) is 0 Å². The fourth-order valence-corrected chi connectivity index (χ4v) is 4.05. The first-order valence-corrected chi connectivity index (χ1v) is 9.22. The second kappa shape index (κ2) is 9.47. The van der Waals surface area contributed by atoms with Crippen LogP contribution in [0.2, 0.25) is 0 Å². The largest absolute Gasteiger partial charge is 0.465 e. The number of nitrogens with one attached hydrogen (secondary N) is 1. The average Bonchev–Trinajstić information content (AvgIpc) is 2.62. The van der Waals surface area contributed by atoms with Crippen LogP contribution in [0.1, 0.15) is 22.8 Å². The Morgan fingerprint density at radius 2 is 2.00 bits per heavy atom. The van der Waals surface area contributed by atoms with Crippen LogP contribution in [0, 0.1) is 11.3 Å². The van der Waals surface area contributed by atoms with E-state index in [-0.39, 0.29) is 11.9 Å². The summed E-state index contributed by atoms with van der Waals surface area (Å²) in [5.74, 6) is 0. The second-order valence-corrected chi connectivity index (χ2v) is 7.49.